The van der Waals surface area contributed by atoms with Gasteiger partial charge in [0.1, 0.15) is 0 Å². The minimum atomic E-state index is -0.673. The van der Waals surface area contributed by atoms with Crippen LogP contribution in [0.4, 0.5) is 0 Å². The predicted molar refractivity (Wildman–Crippen MR) is 87.1 cm³/mol. The fourth-order valence-corrected chi connectivity index (χ4v) is 2.93. The smallest absolute Gasteiger partial charge is 0.0873 e. The maximum absolute atomic E-state index is 10.7. The number of benzene rings is 2. The zero-order chi connectivity index (χ0) is 14.7. The average molecular weight is 355 g/mol. The first-order chi connectivity index (χ1) is 9.52. The molecular formula is C16H17BrClNO. The Kier molecular flexibility index (Phi) is 5.22. The van der Waals surface area contributed by atoms with E-state index < -0.39 is 6.10 Å². The van der Waals surface area contributed by atoms with Crippen LogP contribution in [0.15, 0.2) is 46.9 Å². The molecule has 2 atom stereocenters. The van der Waals surface area contributed by atoms with Crippen molar-refractivity contribution in [3.8, 4) is 0 Å². The Balaban J connectivity index is 2.38. The molecule has 0 radical (unpaired) electrons. The molecule has 0 aromatic heterocycles. The molecule has 0 bridgehead atoms. The number of halogens is 2. The molecule has 2 nitrogen and oxygen atoms in total. The van der Waals surface area contributed by atoms with Crippen LogP contribution in [0.3, 0.4) is 0 Å². The Morgan fingerprint density at radius 2 is 2.00 bits per heavy atom. The summed E-state index contributed by atoms with van der Waals surface area (Å²) in [6, 6.07) is 13.4. The van der Waals surface area contributed by atoms with Crippen LogP contribution in [0.2, 0.25) is 5.02 Å². The molecule has 0 heterocycles. The summed E-state index contributed by atoms with van der Waals surface area (Å²) in [6.45, 7) is 2.33. The Morgan fingerprint density at radius 3 is 2.65 bits per heavy atom. The molecule has 0 saturated carbocycles. The molecule has 0 spiro atoms. The molecule has 2 rings (SSSR count). The van der Waals surface area contributed by atoms with Crippen molar-refractivity contribution in [2.45, 2.75) is 18.9 Å². The lowest BCUT2D eigenvalue weighted by molar-refractivity contribution is 0.147. The van der Waals surface area contributed by atoms with Crippen molar-refractivity contribution in [3.05, 3.63) is 68.7 Å². The largest absolute Gasteiger partial charge is 0.388 e. The van der Waals surface area contributed by atoms with E-state index in [0.717, 1.165) is 21.2 Å². The molecule has 0 aliphatic rings. The number of aliphatic hydroxyl groups is 1. The lowest BCUT2D eigenvalue weighted by Crippen LogP contribution is -2.20. The second kappa shape index (κ2) is 6.72. The summed E-state index contributed by atoms with van der Waals surface area (Å²) in [4.78, 5) is 0. The number of hydrogen-bond donors (Lipinski definition) is 2. The van der Waals surface area contributed by atoms with Crippen molar-refractivity contribution in [1.29, 1.82) is 0 Å². The van der Waals surface area contributed by atoms with Crippen LogP contribution in [0.25, 0.3) is 0 Å². The van der Waals surface area contributed by atoms with Gasteiger partial charge in [0.2, 0.25) is 0 Å². The van der Waals surface area contributed by atoms with Gasteiger partial charge in [-0.1, -0.05) is 45.7 Å². The molecule has 106 valence electrons. The molecule has 4 heteroatoms. The highest BCUT2D eigenvalue weighted by Gasteiger charge is 2.23. The van der Waals surface area contributed by atoms with Crippen LogP contribution in [-0.2, 0) is 0 Å². The Hall–Kier alpha value is -0.870. The van der Waals surface area contributed by atoms with Gasteiger partial charge in [-0.3, -0.25) is 0 Å². The van der Waals surface area contributed by atoms with Crippen LogP contribution in [-0.4, -0.2) is 11.7 Å². The molecule has 0 fully saturated rings. The molecule has 0 aliphatic heterocycles. The highest BCUT2D eigenvalue weighted by molar-refractivity contribution is 9.10. The topological polar surface area (TPSA) is 46.2 Å². The van der Waals surface area contributed by atoms with E-state index in [1.54, 1.807) is 0 Å². The van der Waals surface area contributed by atoms with Crippen LogP contribution in [0.1, 0.15) is 28.7 Å². The van der Waals surface area contributed by atoms with Gasteiger partial charge in [0.25, 0.3) is 0 Å². The molecule has 0 aliphatic carbocycles. The second-order valence-electron chi connectivity index (χ2n) is 4.84. The molecule has 20 heavy (non-hydrogen) atoms. The number of nitrogens with two attached hydrogens (primary N) is 1. The van der Waals surface area contributed by atoms with Crippen LogP contribution in [0.5, 0.6) is 0 Å². The monoisotopic (exact) mass is 353 g/mol. The summed E-state index contributed by atoms with van der Waals surface area (Å²) in [5.41, 5.74) is 8.72. The van der Waals surface area contributed by atoms with Crippen LogP contribution >= 0.6 is 27.5 Å². The molecule has 2 aromatic rings. The third kappa shape index (κ3) is 3.41. The van der Waals surface area contributed by atoms with E-state index in [4.69, 9.17) is 17.3 Å². The quantitative estimate of drug-likeness (QED) is 0.865. The molecule has 2 unspecified atom stereocenters. The zero-order valence-corrected chi connectivity index (χ0v) is 13.5. The van der Waals surface area contributed by atoms with Gasteiger partial charge >= 0.3 is 0 Å². The SMILES string of the molecule is Cc1ccc(Cl)cc1C(O)C(CN)c1cccc(Br)c1. The van der Waals surface area contributed by atoms with Crippen LogP contribution < -0.4 is 5.73 Å². The lowest BCUT2D eigenvalue weighted by atomic mass is 9.87. The predicted octanol–water partition coefficient (Wildman–Crippen LogP) is 4.19. The number of aliphatic hydroxyl groups excluding tert-OH is 1. The lowest BCUT2D eigenvalue weighted by Gasteiger charge is -2.24. The van der Waals surface area contributed by atoms with Crippen LogP contribution in [0, 0.1) is 6.92 Å². The number of rotatable bonds is 4. The Labute approximate surface area is 132 Å². The van der Waals surface area contributed by atoms with Gasteiger partial charge in [0, 0.05) is 22.0 Å². The van der Waals surface area contributed by atoms with E-state index in [9.17, 15) is 5.11 Å². The molecule has 0 amide bonds. The summed E-state index contributed by atoms with van der Waals surface area (Å²) in [5.74, 6) is -0.162. The summed E-state index contributed by atoms with van der Waals surface area (Å²) in [7, 11) is 0. The maximum Gasteiger partial charge on any atom is 0.0873 e. The van der Waals surface area contributed by atoms with Gasteiger partial charge in [0.05, 0.1) is 6.10 Å². The van der Waals surface area contributed by atoms with E-state index in [-0.39, 0.29) is 5.92 Å². The first-order valence-corrected chi connectivity index (χ1v) is 7.59. The fourth-order valence-electron chi connectivity index (χ4n) is 2.33. The van der Waals surface area contributed by atoms with Gasteiger partial charge < -0.3 is 10.8 Å². The Morgan fingerprint density at radius 1 is 1.25 bits per heavy atom. The third-order valence-electron chi connectivity index (χ3n) is 3.47. The minimum absolute atomic E-state index is 0.162. The fraction of sp³-hybridized carbons (Fsp3) is 0.250. The Bertz CT molecular complexity index is 603. The van der Waals surface area contributed by atoms with Gasteiger partial charge in [-0.15, -0.1) is 0 Å². The van der Waals surface area contributed by atoms with Gasteiger partial charge in [0.15, 0.2) is 0 Å². The maximum atomic E-state index is 10.7. The standard InChI is InChI=1S/C16H17BrClNO/c1-10-5-6-13(18)8-14(10)16(20)15(9-19)11-3-2-4-12(17)7-11/h2-8,15-16,20H,9,19H2,1H3. The number of aryl methyl sites for hydroxylation is 1. The summed E-state index contributed by atoms with van der Waals surface area (Å²) in [5, 5.41) is 11.3. The first kappa shape index (κ1) is 15.5. The minimum Gasteiger partial charge on any atom is -0.388 e. The average Bonchev–Trinajstić information content (AvgIpc) is 2.42. The first-order valence-electron chi connectivity index (χ1n) is 6.42. The normalized spacial score (nSPS) is 14.1. The van der Waals surface area contributed by atoms with Crippen molar-refractivity contribution < 1.29 is 5.11 Å². The van der Waals surface area contributed by atoms with Gasteiger partial charge in [-0.05, 0) is 47.9 Å². The van der Waals surface area contributed by atoms with E-state index in [1.165, 1.54) is 0 Å². The summed E-state index contributed by atoms with van der Waals surface area (Å²) in [6.07, 6.45) is -0.673. The molecule has 3 N–H and O–H groups in total. The second-order valence-corrected chi connectivity index (χ2v) is 6.20. The van der Waals surface area contributed by atoms with E-state index in [1.807, 2.05) is 49.4 Å². The highest BCUT2D eigenvalue weighted by atomic mass is 79.9. The zero-order valence-electron chi connectivity index (χ0n) is 11.2. The van der Waals surface area contributed by atoms with Crippen molar-refractivity contribution >= 4 is 27.5 Å². The highest BCUT2D eigenvalue weighted by Crippen LogP contribution is 2.34. The van der Waals surface area contributed by atoms with Crippen molar-refractivity contribution in [2.24, 2.45) is 5.73 Å². The van der Waals surface area contributed by atoms with Gasteiger partial charge in [-0.25, -0.2) is 0 Å². The van der Waals surface area contributed by atoms with E-state index in [0.29, 0.717) is 11.6 Å². The van der Waals surface area contributed by atoms with E-state index >= 15 is 0 Å². The molecule has 0 saturated heterocycles. The van der Waals surface area contributed by atoms with Crippen molar-refractivity contribution in [2.75, 3.05) is 6.54 Å². The number of hydrogen-bond acceptors (Lipinski definition) is 2. The van der Waals surface area contributed by atoms with Crippen molar-refractivity contribution in [1.82, 2.24) is 0 Å². The van der Waals surface area contributed by atoms with Gasteiger partial charge in [-0.2, -0.15) is 0 Å². The van der Waals surface area contributed by atoms with Crippen molar-refractivity contribution in [3.63, 3.8) is 0 Å². The summed E-state index contributed by atoms with van der Waals surface area (Å²) < 4.78 is 0.975. The third-order valence-corrected chi connectivity index (χ3v) is 4.20. The summed E-state index contributed by atoms with van der Waals surface area (Å²) >= 11 is 9.48. The molecule has 2 aromatic carbocycles. The van der Waals surface area contributed by atoms with E-state index in [2.05, 4.69) is 15.9 Å². The molecular weight excluding hydrogens is 338 g/mol.